The number of carbonyl (C=O) groups is 3. The molecule has 0 aliphatic heterocycles. The van der Waals surface area contributed by atoms with Gasteiger partial charge in [0.2, 0.25) is 0 Å². The van der Waals surface area contributed by atoms with Gasteiger partial charge in [0.1, 0.15) is 11.6 Å². The van der Waals surface area contributed by atoms with Crippen molar-refractivity contribution in [2.75, 3.05) is 6.61 Å². The standard InChI is InChI=1S/C19H19N3O5.ClH/c1-11(22-19(26)14-4-2-13(3-5-14)18(20)21)17(25)12-6-8-15(9-7-12)27-10-16(23)24;/h2-9,11H,10H2,1H3,(H3,20,21)(H,22,26)(H,23,24);1H/t11-;/m1./s1. The van der Waals surface area contributed by atoms with Crippen LogP contribution in [0.4, 0.5) is 0 Å². The van der Waals surface area contributed by atoms with Crippen molar-refractivity contribution >= 4 is 35.9 Å². The second-order valence-electron chi connectivity index (χ2n) is 5.76. The summed E-state index contributed by atoms with van der Waals surface area (Å²) in [6.45, 7) is 1.10. The van der Waals surface area contributed by atoms with E-state index in [1.807, 2.05) is 0 Å². The summed E-state index contributed by atoms with van der Waals surface area (Å²) in [7, 11) is 0. The topological polar surface area (TPSA) is 143 Å². The van der Waals surface area contributed by atoms with E-state index in [-0.39, 0.29) is 24.0 Å². The van der Waals surface area contributed by atoms with Gasteiger partial charge in [0, 0.05) is 16.7 Å². The third kappa shape index (κ3) is 6.10. The number of nitrogens with one attached hydrogen (secondary N) is 2. The molecule has 5 N–H and O–H groups in total. The number of hydrogen-bond acceptors (Lipinski definition) is 5. The molecule has 148 valence electrons. The predicted octanol–water partition coefficient (Wildman–Crippen LogP) is 1.86. The largest absolute Gasteiger partial charge is 0.482 e. The molecular weight excluding hydrogens is 386 g/mol. The Balaban J connectivity index is 0.00000392. The second-order valence-corrected chi connectivity index (χ2v) is 5.76. The first-order valence-electron chi connectivity index (χ1n) is 8.02. The Morgan fingerprint density at radius 2 is 1.54 bits per heavy atom. The van der Waals surface area contributed by atoms with Gasteiger partial charge in [-0.25, -0.2) is 4.79 Å². The third-order valence-electron chi connectivity index (χ3n) is 3.70. The van der Waals surface area contributed by atoms with Crippen LogP contribution >= 0.6 is 12.4 Å². The van der Waals surface area contributed by atoms with E-state index in [1.165, 1.54) is 36.4 Å². The fraction of sp³-hybridized carbons (Fsp3) is 0.158. The summed E-state index contributed by atoms with van der Waals surface area (Å²) in [4.78, 5) is 35.2. The number of amidine groups is 1. The summed E-state index contributed by atoms with van der Waals surface area (Å²) >= 11 is 0. The van der Waals surface area contributed by atoms with Gasteiger partial charge in [-0.2, -0.15) is 0 Å². The van der Waals surface area contributed by atoms with Gasteiger partial charge in [-0.05, 0) is 43.3 Å². The number of hydrogen-bond donors (Lipinski definition) is 4. The van der Waals surface area contributed by atoms with E-state index in [1.54, 1.807) is 19.1 Å². The van der Waals surface area contributed by atoms with Crippen molar-refractivity contribution in [3.63, 3.8) is 0 Å². The molecule has 0 fully saturated rings. The number of carboxylic acid groups (broad SMARTS) is 1. The van der Waals surface area contributed by atoms with E-state index in [9.17, 15) is 14.4 Å². The first-order chi connectivity index (χ1) is 12.8. The zero-order chi connectivity index (χ0) is 20.0. The van der Waals surface area contributed by atoms with Crippen LogP contribution in [0.3, 0.4) is 0 Å². The van der Waals surface area contributed by atoms with Gasteiger partial charge in [0.15, 0.2) is 12.4 Å². The molecule has 2 aromatic carbocycles. The number of halogens is 1. The van der Waals surface area contributed by atoms with E-state index < -0.39 is 24.5 Å². The number of amides is 1. The van der Waals surface area contributed by atoms with Crippen LogP contribution in [0.2, 0.25) is 0 Å². The van der Waals surface area contributed by atoms with Crippen molar-refractivity contribution in [3.05, 3.63) is 65.2 Å². The normalized spacial score (nSPS) is 10.9. The molecule has 1 atom stereocenters. The number of ketones is 1. The van der Waals surface area contributed by atoms with Crippen LogP contribution in [0, 0.1) is 5.41 Å². The molecule has 0 radical (unpaired) electrons. The first-order valence-corrected chi connectivity index (χ1v) is 8.02. The molecule has 0 aromatic heterocycles. The summed E-state index contributed by atoms with van der Waals surface area (Å²) in [5.41, 5.74) is 6.57. The smallest absolute Gasteiger partial charge is 0.341 e. The highest BCUT2D eigenvalue weighted by Crippen LogP contribution is 2.14. The molecule has 0 saturated heterocycles. The summed E-state index contributed by atoms with van der Waals surface area (Å²) in [6, 6.07) is 11.4. The lowest BCUT2D eigenvalue weighted by Gasteiger charge is -2.13. The number of carboxylic acids is 1. The second kappa shape index (κ2) is 10.1. The molecule has 0 heterocycles. The minimum atomic E-state index is -1.09. The van der Waals surface area contributed by atoms with Crippen LogP contribution in [0.1, 0.15) is 33.2 Å². The molecule has 0 saturated carbocycles. The van der Waals surface area contributed by atoms with E-state index in [0.29, 0.717) is 22.4 Å². The zero-order valence-electron chi connectivity index (χ0n) is 15.0. The van der Waals surface area contributed by atoms with Crippen molar-refractivity contribution in [1.29, 1.82) is 5.41 Å². The Bertz CT molecular complexity index is 866. The predicted molar refractivity (Wildman–Crippen MR) is 106 cm³/mol. The van der Waals surface area contributed by atoms with Gasteiger partial charge in [-0.1, -0.05) is 12.1 Å². The van der Waals surface area contributed by atoms with Crippen LogP contribution in [-0.4, -0.2) is 41.3 Å². The van der Waals surface area contributed by atoms with Crippen molar-refractivity contribution in [2.24, 2.45) is 5.73 Å². The molecular formula is C19H20ClN3O5. The molecule has 0 spiro atoms. The Morgan fingerprint density at radius 1 is 1.04 bits per heavy atom. The summed E-state index contributed by atoms with van der Waals surface area (Å²) in [6.07, 6.45) is 0. The number of aliphatic carboxylic acids is 1. The lowest BCUT2D eigenvalue weighted by atomic mass is 10.0. The molecule has 0 unspecified atom stereocenters. The maximum atomic E-state index is 12.4. The number of carbonyl (C=O) groups excluding carboxylic acids is 2. The van der Waals surface area contributed by atoms with Crippen molar-refractivity contribution in [3.8, 4) is 5.75 Å². The number of rotatable bonds is 8. The molecule has 2 rings (SSSR count). The third-order valence-corrected chi connectivity index (χ3v) is 3.70. The van der Waals surface area contributed by atoms with Crippen LogP contribution in [0.5, 0.6) is 5.75 Å². The maximum Gasteiger partial charge on any atom is 0.341 e. The minimum absolute atomic E-state index is 0. The van der Waals surface area contributed by atoms with E-state index in [0.717, 1.165) is 0 Å². The molecule has 9 heteroatoms. The van der Waals surface area contributed by atoms with Crippen LogP contribution in [0.25, 0.3) is 0 Å². The van der Waals surface area contributed by atoms with E-state index in [2.05, 4.69) is 5.32 Å². The molecule has 0 bridgehead atoms. The monoisotopic (exact) mass is 405 g/mol. The number of ether oxygens (including phenoxy) is 1. The van der Waals surface area contributed by atoms with Crippen molar-refractivity contribution < 1.29 is 24.2 Å². The highest BCUT2D eigenvalue weighted by atomic mass is 35.5. The Hall–Kier alpha value is -3.39. The Morgan fingerprint density at radius 3 is 2.04 bits per heavy atom. The SMILES string of the molecule is C[C@@H](NC(=O)c1ccc(C(=N)N)cc1)C(=O)c1ccc(OCC(=O)O)cc1.Cl. The van der Waals surface area contributed by atoms with Gasteiger partial charge in [-0.3, -0.25) is 15.0 Å². The molecule has 2 aromatic rings. The summed E-state index contributed by atoms with van der Waals surface area (Å²) < 4.78 is 5.01. The lowest BCUT2D eigenvalue weighted by Crippen LogP contribution is -2.38. The zero-order valence-corrected chi connectivity index (χ0v) is 15.8. The van der Waals surface area contributed by atoms with Crippen molar-refractivity contribution in [1.82, 2.24) is 5.32 Å². The fourth-order valence-corrected chi connectivity index (χ4v) is 2.26. The Labute approximate surface area is 167 Å². The van der Waals surface area contributed by atoms with Gasteiger partial charge >= 0.3 is 5.97 Å². The highest BCUT2D eigenvalue weighted by Gasteiger charge is 2.18. The quantitative estimate of drug-likeness (QED) is 0.300. The number of nitrogen functional groups attached to an aromatic ring is 1. The minimum Gasteiger partial charge on any atom is -0.482 e. The fourth-order valence-electron chi connectivity index (χ4n) is 2.26. The first kappa shape index (κ1) is 22.7. The highest BCUT2D eigenvalue weighted by molar-refractivity contribution is 6.04. The molecule has 1 amide bonds. The molecule has 28 heavy (non-hydrogen) atoms. The van der Waals surface area contributed by atoms with Gasteiger partial charge in [0.25, 0.3) is 5.91 Å². The molecule has 8 nitrogen and oxygen atoms in total. The Kier molecular flexibility index (Phi) is 8.15. The van der Waals surface area contributed by atoms with E-state index in [4.69, 9.17) is 21.0 Å². The lowest BCUT2D eigenvalue weighted by molar-refractivity contribution is -0.139. The van der Waals surface area contributed by atoms with Crippen LogP contribution < -0.4 is 15.8 Å². The maximum absolute atomic E-state index is 12.4. The average Bonchev–Trinajstić information content (AvgIpc) is 2.66. The van der Waals surface area contributed by atoms with Gasteiger partial charge in [0.05, 0.1) is 6.04 Å². The van der Waals surface area contributed by atoms with Crippen LogP contribution in [-0.2, 0) is 4.79 Å². The molecule has 0 aliphatic carbocycles. The van der Waals surface area contributed by atoms with Crippen LogP contribution in [0.15, 0.2) is 48.5 Å². The van der Waals surface area contributed by atoms with Gasteiger partial charge in [-0.15, -0.1) is 12.4 Å². The van der Waals surface area contributed by atoms with Gasteiger partial charge < -0.3 is 20.9 Å². The average molecular weight is 406 g/mol. The van der Waals surface area contributed by atoms with Crippen molar-refractivity contribution in [2.45, 2.75) is 13.0 Å². The summed E-state index contributed by atoms with van der Waals surface area (Å²) in [5.74, 6) is -1.58. The van der Waals surface area contributed by atoms with E-state index >= 15 is 0 Å². The summed E-state index contributed by atoms with van der Waals surface area (Å²) in [5, 5.41) is 18.5. The number of nitrogens with two attached hydrogens (primary N) is 1. The molecule has 0 aliphatic rings. The number of benzene rings is 2. The number of Topliss-reactive ketones (excluding diaryl/α,β-unsaturated/α-hetero) is 1.